The van der Waals surface area contributed by atoms with Crippen LogP contribution in [0.5, 0.6) is 0 Å². The molecule has 2 amide bonds. The molecular weight excluding hydrogens is 318 g/mol. The quantitative estimate of drug-likeness (QED) is 0.828. The van der Waals surface area contributed by atoms with Crippen molar-refractivity contribution in [2.75, 3.05) is 5.75 Å². The third-order valence-electron chi connectivity index (χ3n) is 3.94. The summed E-state index contributed by atoms with van der Waals surface area (Å²) >= 11 is 0. The van der Waals surface area contributed by atoms with Gasteiger partial charge < -0.3 is 5.32 Å². The minimum atomic E-state index is -3.16. The molecule has 2 aliphatic heterocycles. The Morgan fingerprint density at radius 3 is 2.83 bits per heavy atom. The van der Waals surface area contributed by atoms with Gasteiger partial charge in [-0.05, 0) is 30.0 Å². The topological polar surface area (TPSA) is 105 Å². The van der Waals surface area contributed by atoms with Crippen molar-refractivity contribution in [3.05, 3.63) is 29.3 Å². The van der Waals surface area contributed by atoms with E-state index in [1.807, 2.05) is 6.07 Å². The number of hydrogen-bond acceptors (Lipinski definition) is 5. The van der Waals surface area contributed by atoms with E-state index in [-0.39, 0.29) is 24.0 Å². The van der Waals surface area contributed by atoms with Crippen molar-refractivity contribution >= 4 is 27.4 Å². The SMILES string of the molecule is O=C1CCC(C(=O)NCc2ccc3c(c2)CCCS3(=O)=O)=NN1. The molecule has 0 fully saturated rings. The smallest absolute Gasteiger partial charge is 0.267 e. The minimum absolute atomic E-state index is 0.196. The van der Waals surface area contributed by atoms with Crippen molar-refractivity contribution in [3.8, 4) is 0 Å². The van der Waals surface area contributed by atoms with E-state index in [4.69, 9.17) is 0 Å². The number of sulfone groups is 1. The van der Waals surface area contributed by atoms with Crippen LogP contribution in [0.15, 0.2) is 28.2 Å². The number of nitrogens with zero attached hydrogens (tertiary/aromatic N) is 1. The van der Waals surface area contributed by atoms with Crippen LogP contribution in [0.1, 0.15) is 30.4 Å². The van der Waals surface area contributed by atoms with Gasteiger partial charge in [0, 0.05) is 19.4 Å². The number of benzene rings is 1. The highest BCUT2D eigenvalue weighted by Crippen LogP contribution is 2.25. The Balaban J connectivity index is 1.67. The predicted molar refractivity (Wildman–Crippen MR) is 83.5 cm³/mol. The number of carbonyl (C=O) groups excluding carboxylic acids is 2. The van der Waals surface area contributed by atoms with Gasteiger partial charge in [-0.2, -0.15) is 5.10 Å². The number of hydrogen-bond donors (Lipinski definition) is 2. The van der Waals surface area contributed by atoms with Gasteiger partial charge in [-0.25, -0.2) is 13.8 Å². The largest absolute Gasteiger partial charge is 0.347 e. The van der Waals surface area contributed by atoms with Gasteiger partial charge in [0.15, 0.2) is 9.84 Å². The first kappa shape index (κ1) is 15.7. The standard InChI is InChI=1S/C15H17N3O4S/c19-14-6-4-12(17-18-14)15(20)16-9-10-3-5-13-11(8-10)2-1-7-23(13,21)22/h3,5,8H,1-2,4,6-7,9H2,(H,16,20)(H,18,19). The zero-order chi connectivity index (χ0) is 16.4. The van der Waals surface area contributed by atoms with Crippen LogP contribution in [0.3, 0.4) is 0 Å². The van der Waals surface area contributed by atoms with Crippen molar-refractivity contribution < 1.29 is 18.0 Å². The Morgan fingerprint density at radius 2 is 2.09 bits per heavy atom. The summed E-state index contributed by atoms with van der Waals surface area (Å²) in [4.78, 5) is 23.4. The van der Waals surface area contributed by atoms with E-state index in [0.717, 1.165) is 17.5 Å². The van der Waals surface area contributed by atoms with E-state index in [2.05, 4.69) is 15.8 Å². The zero-order valence-corrected chi connectivity index (χ0v) is 13.3. The van der Waals surface area contributed by atoms with E-state index in [1.165, 1.54) is 0 Å². The molecule has 0 saturated carbocycles. The molecule has 8 heteroatoms. The summed E-state index contributed by atoms with van der Waals surface area (Å²) in [5, 5.41) is 6.48. The molecule has 0 unspecified atom stereocenters. The van der Waals surface area contributed by atoms with Gasteiger partial charge in [-0.3, -0.25) is 9.59 Å². The van der Waals surface area contributed by atoms with Crippen LogP contribution in [0, 0.1) is 0 Å². The van der Waals surface area contributed by atoms with Gasteiger partial charge in [-0.15, -0.1) is 0 Å². The maximum Gasteiger partial charge on any atom is 0.267 e. The Labute approximate surface area is 134 Å². The maximum atomic E-state index is 12.0. The van der Waals surface area contributed by atoms with Gasteiger partial charge in [-0.1, -0.05) is 12.1 Å². The molecule has 2 N–H and O–H groups in total. The Bertz CT molecular complexity index is 799. The number of hydrazone groups is 1. The summed E-state index contributed by atoms with van der Waals surface area (Å²) in [7, 11) is -3.16. The monoisotopic (exact) mass is 335 g/mol. The summed E-state index contributed by atoms with van der Waals surface area (Å²) in [6.07, 6.45) is 1.93. The molecule has 3 rings (SSSR count). The van der Waals surface area contributed by atoms with Gasteiger partial charge in [0.1, 0.15) is 5.71 Å². The van der Waals surface area contributed by atoms with E-state index < -0.39 is 9.84 Å². The molecule has 0 aliphatic carbocycles. The number of carbonyl (C=O) groups is 2. The summed E-state index contributed by atoms with van der Waals surface area (Å²) in [6.45, 7) is 0.291. The van der Waals surface area contributed by atoms with E-state index in [0.29, 0.717) is 30.0 Å². The highest BCUT2D eigenvalue weighted by molar-refractivity contribution is 7.91. The molecule has 7 nitrogen and oxygen atoms in total. The molecule has 122 valence electrons. The second kappa shape index (κ2) is 6.11. The lowest BCUT2D eigenvalue weighted by Gasteiger charge is -2.17. The van der Waals surface area contributed by atoms with Crippen molar-refractivity contribution in [2.45, 2.75) is 37.1 Å². The van der Waals surface area contributed by atoms with Crippen LogP contribution in [0.4, 0.5) is 0 Å². The highest BCUT2D eigenvalue weighted by Gasteiger charge is 2.23. The number of fused-ring (bicyclic) bond motifs is 1. The van der Waals surface area contributed by atoms with Crippen LogP contribution in [0.2, 0.25) is 0 Å². The van der Waals surface area contributed by atoms with Gasteiger partial charge in [0.25, 0.3) is 5.91 Å². The first-order chi connectivity index (χ1) is 11.0. The van der Waals surface area contributed by atoms with E-state index >= 15 is 0 Å². The molecule has 0 bridgehead atoms. The lowest BCUT2D eigenvalue weighted by Crippen LogP contribution is -2.36. The average molecular weight is 335 g/mol. The molecule has 0 atom stereocenters. The summed E-state index contributed by atoms with van der Waals surface area (Å²) in [6, 6.07) is 5.16. The molecule has 1 aromatic carbocycles. The predicted octanol–water partition coefficient (Wildman–Crippen LogP) is 0.289. The van der Waals surface area contributed by atoms with Crippen LogP contribution < -0.4 is 10.7 Å². The van der Waals surface area contributed by atoms with Crippen LogP contribution >= 0.6 is 0 Å². The lowest BCUT2D eigenvalue weighted by atomic mass is 10.1. The van der Waals surface area contributed by atoms with Gasteiger partial charge >= 0.3 is 0 Å². The number of amides is 2. The second-order valence-corrected chi connectivity index (χ2v) is 7.72. The molecule has 0 spiro atoms. The van der Waals surface area contributed by atoms with Crippen molar-refractivity contribution in [2.24, 2.45) is 5.10 Å². The number of aryl methyl sites for hydroxylation is 1. The Morgan fingerprint density at radius 1 is 1.26 bits per heavy atom. The summed E-state index contributed by atoms with van der Waals surface area (Å²) in [5.41, 5.74) is 4.23. The van der Waals surface area contributed by atoms with E-state index in [9.17, 15) is 18.0 Å². The van der Waals surface area contributed by atoms with Crippen LogP contribution in [0.25, 0.3) is 0 Å². The maximum absolute atomic E-state index is 12.0. The molecule has 0 aromatic heterocycles. The Kier molecular flexibility index (Phi) is 4.16. The number of rotatable bonds is 3. The average Bonchev–Trinajstić information content (AvgIpc) is 2.53. The van der Waals surface area contributed by atoms with Crippen LogP contribution in [-0.2, 0) is 32.4 Å². The molecule has 1 aromatic rings. The first-order valence-corrected chi connectivity index (χ1v) is 9.09. The fourth-order valence-electron chi connectivity index (χ4n) is 2.73. The molecule has 0 saturated heterocycles. The fraction of sp³-hybridized carbons (Fsp3) is 0.400. The summed E-state index contributed by atoms with van der Waals surface area (Å²) < 4.78 is 23.9. The van der Waals surface area contributed by atoms with Gasteiger partial charge in [0.2, 0.25) is 5.91 Å². The first-order valence-electron chi connectivity index (χ1n) is 7.44. The highest BCUT2D eigenvalue weighted by atomic mass is 32.2. The fourth-order valence-corrected chi connectivity index (χ4v) is 4.31. The summed E-state index contributed by atoms with van der Waals surface area (Å²) in [5.74, 6) is -0.325. The molecule has 2 heterocycles. The van der Waals surface area contributed by atoms with Crippen molar-refractivity contribution in [3.63, 3.8) is 0 Å². The second-order valence-electron chi connectivity index (χ2n) is 5.64. The number of nitrogens with one attached hydrogen (secondary N) is 2. The molecular formula is C15H17N3O4S. The molecule has 2 aliphatic rings. The lowest BCUT2D eigenvalue weighted by molar-refractivity contribution is -0.121. The van der Waals surface area contributed by atoms with Crippen LogP contribution in [-0.4, -0.2) is 31.7 Å². The van der Waals surface area contributed by atoms with Crippen molar-refractivity contribution in [1.29, 1.82) is 0 Å². The van der Waals surface area contributed by atoms with Crippen molar-refractivity contribution in [1.82, 2.24) is 10.7 Å². The van der Waals surface area contributed by atoms with Gasteiger partial charge in [0.05, 0.1) is 10.6 Å². The molecule has 0 radical (unpaired) electrons. The third kappa shape index (κ3) is 3.42. The zero-order valence-electron chi connectivity index (χ0n) is 12.5. The third-order valence-corrected chi connectivity index (χ3v) is 5.83. The van der Waals surface area contributed by atoms with E-state index in [1.54, 1.807) is 12.1 Å². The normalized spacial score (nSPS) is 19.3. The Hall–Kier alpha value is -2.22. The minimum Gasteiger partial charge on any atom is -0.347 e. The molecule has 23 heavy (non-hydrogen) atoms.